The van der Waals surface area contributed by atoms with Gasteiger partial charge >= 0.3 is 5.97 Å². The second-order valence-corrected chi connectivity index (χ2v) is 4.96. The molecule has 0 aromatic heterocycles. The quantitative estimate of drug-likeness (QED) is 0.909. The molecule has 108 valence electrons. The molecule has 0 bridgehead atoms. The van der Waals surface area contributed by atoms with Gasteiger partial charge in [0.25, 0.3) is 5.91 Å². The van der Waals surface area contributed by atoms with Crippen molar-refractivity contribution >= 4 is 11.9 Å². The summed E-state index contributed by atoms with van der Waals surface area (Å²) in [4.78, 5) is 25.1. The SMILES string of the molecule is CO[C@@H](C(=O)N1CCC(C(=O)O)CC1)c1ccccc1. The van der Waals surface area contributed by atoms with Gasteiger partial charge in [0.2, 0.25) is 0 Å². The summed E-state index contributed by atoms with van der Waals surface area (Å²) in [6, 6.07) is 9.34. The highest BCUT2D eigenvalue weighted by molar-refractivity contribution is 5.82. The molecular weight excluding hydrogens is 258 g/mol. The standard InChI is InChI=1S/C15H19NO4/c1-20-13(11-5-3-2-4-6-11)14(17)16-9-7-12(8-10-16)15(18)19/h2-6,12-13H,7-10H2,1H3,(H,18,19)/t13-/m1/s1. The van der Waals surface area contributed by atoms with Gasteiger partial charge in [-0.3, -0.25) is 9.59 Å². The Bertz CT molecular complexity index is 466. The van der Waals surface area contributed by atoms with Gasteiger partial charge in [-0.2, -0.15) is 0 Å². The van der Waals surface area contributed by atoms with E-state index in [1.54, 1.807) is 4.90 Å². The number of carbonyl (C=O) groups excluding carboxylic acids is 1. The van der Waals surface area contributed by atoms with Crippen LogP contribution in [0.2, 0.25) is 0 Å². The van der Waals surface area contributed by atoms with Gasteiger partial charge in [0.05, 0.1) is 5.92 Å². The van der Waals surface area contributed by atoms with Crippen LogP contribution >= 0.6 is 0 Å². The molecule has 1 saturated heterocycles. The van der Waals surface area contributed by atoms with E-state index in [1.165, 1.54) is 7.11 Å². The number of hydrogen-bond donors (Lipinski definition) is 1. The molecule has 0 aliphatic carbocycles. The molecule has 1 amide bonds. The van der Waals surface area contributed by atoms with Gasteiger partial charge in [0, 0.05) is 20.2 Å². The van der Waals surface area contributed by atoms with Gasteiger partial charge < -0.3 is 14.7 Å². The van der Waals surface area contributed by atoms with Crippen LogP contribution in [0.4, 0.5) is 0 Å². The topological polar surface area (TPSA) is 66.8 Å². The zero-order chi connectivity index (χ0) is 14.5. The summed E-state index contributed by atoms with van der Waals surface area (Å²) in [7, 11) is 1.51. The normalized spacial score (nSPS) is 17.8. The molecule has 1 aliphatic rings. The molecule has 0 radical (unpaired) electrons. The van der Waals surface area contributed by atoms with Crippen molar-refractivity contribution in [3.8, 4) is 0 Å². The van der Waals surface area contributed by atoms with Gasteiger partial charge in [-0.15, -0.1) is 0 Å². The van der Waals surface area contributed by atoms with Crippen LogP contribution in [0.3, 0.4) is 0 Å². The molecule has 5 heteroatoms. The highest BCUT2D eigenvalue weighted by Gasteiger charge is 2.31. The van der Waals surface area contributed by atoms with Gasteiger partial charge in [-0.05, 0) is 18.4 Å². The molecule has 0 spiro atoms. The number of rotatable bonds is 4. The lowest BCUT2D eigenvalue weighted by Gasteiger charge is -2.32. The van der Waals surface area contributed by atoms with Crippen LogP contribution in [-0.4, -0.2) is 42.1 Å². The highest BCUT2D eigenvalue weighted by atomic mass is 16.5. The fraction of sp³-hybridized carbons (Fsp3) is 0.467. The lowest BCUT2D eigenvalue weighted by molar-refractivity contribution is -0.149. The first kappa shape index (κ1) is 14.5. The maximum Gasteiger partial charge on any atom is 0.306 e. The monoisotopic (exact) mass is 277 g/mol. The minimum atomic E-state index is -0.775. The average molecular weight is 277 g/mol. The second kappa shape index (κ2) is 6.52. The molecule has 1 aliphatic heterocycles. The van der Waals surface area contributed by atoms with E-state index in [9.17, 15) is 9.59 Å². The molecule has 0 unspecified atom stereocenters. The van der Waals surface area contributed by atoms with Crippen LogP contribution in [0, 0.1) is 5.92 Å². The predicted molar refractivity (Wildman–Crippen MR) is 73.1 cm³/mol. The van der Waals surface area contributed by atoms with Gasteiger partial charge in [0.1, 0.15) is 0 Å². The van der Waals surface area contributed by atoms with E-state index in [1.807, 2.05) is 30.3 Å². The molecule has 2 rings (SSSR count). The van der Waals surface area contributed by atoms with E-state index in [0.717, 1.165) is 5.56 Å². The third kappa shape index (κ3) is 3.17. The number of hydrogen-bond acceptors (Lipinski definition) is 3. The number of likely N-dealkylation sites (tertiary alicyclic amines) is 1. The van der Waals surface area contributed by atoms with Crippen LogP contribution in [-0.2, 0) is 14.3 Å². The van der Waals surface area contributed by atoms with Crippen molar-refractivity contribution in [1.29, 1.82) is 0 Å². The smallest absolute Gasteiger partial charge is 0.306 e. The molecule has 20 heavy (non-hydrogen) atoms. The summed E-state index contributed by atoms with van der Waals surface area (Å²) < 4.78 is 5.32. The highest BCUT2D eigenvalue weighted by Crippen LogP contribution is 2.23. The Hall–Kier alpha value is -1.88. The van der Waals surface area contributed by atoms with Crippen LogP contribution in [0.1, 0.15) is 24.5 Å². The molecular formula is C15H19NO4. The van der Waals surface area contributed by atoms with E-state index in [-0.39, 0.29) is 11.8 Å². The number of ether oxygens (including phenoxy) is 1. The first-order valence-corrected chi connectivity index (χ1v) is 6.73. The van der Waals surface area contributed by atoms with Gasteiger partial charge in [-0.25, -0.2) is 0 Å². The van der Waals surface area contributed by atoms with Gasteiger partial charge in [-0.1, -0.05) is 30.3 Å². The number of amides is 1. The summed E-state index contributed by atoms with van der Waals surface area (Å²) in [5.74, 6) is -1.21. The summed E-state index contributed by atoms with van der Waals surface area (Å²) in [6.45, 7) is 0.949. The molecule has 1 heterocycles. The Morgan fingerprint density at radius 3 is 2.35 bits per heavy atom. The van der Waals surface area contributed by atoms with E-state index < -0.39 is 12.1 Å². The molecule has 1 fully saturated rings. The molecule has 5 nitrogen and oxygen atoms in total. The number of carboxylic acids is 1. The van der Waals surface area contributed by atoms with Crippen LogP contribution in [0.15, 0.2) is 30.3 Å². The first-order chi connectivity index (χ1) is 9.63. The minimum Gasteiger partial charge on any atom is -0.481 e. The Morgan fingerprint density at radius 2 is 1.85 bits per heavy atom. The lowest BCUT2D eigenvalue weighted by Crippen LogP contribution is -2.42. The van der Waals surface area contributed by atoms with Crippen molar-refractivity contribution in [2.24, 2.45) is 5.92 Å². The number of piperidine rings is 1. The Kier molecular flexibility index (Phi) is 4.74. The Morgan fingerprint density at radius 1 is 1.25 bits per heavy atom. The fourth-order valence-corrected chi connectivity index (χ4v) is 2.52. The second-order valence-electron chi connectivity index (χ2n) is 4.96. The summed E-state index contributed by atoms with van der Waals surface area (Å²) in [5, 5.41) is 8.97. The van der Waals surface area contributed by atoms with Crippen molar-refractivity contribution in [3.05, 3.63) is 35.9 Å². The summed E-state index contributed by atoms with van der Waals surface area (Å²) in [5.41, 5.74) is 0.820. The fourth-order valence-electron chi connectivity index (χ4n) is 2.52. The van der Waals surface area contributed by atoms with Crippen molar-refractivity contribution in [3.63, 3.8) is 0 Å². The molecule has 1 aromatic rings. The van der Waals surface area contributed by atoms with Crippen LogP contribution in [0.25, 0.3) is 0 Å². The largest absolute Gasteiger partial charge is 0.481 e. The Balaban J connectivity index is 2.02. The Labute approximate surface area is 118 Å². The van der Waals surface area contributed by atoms with E-state index in [4.69, 9.17) is 9.84 Å². The van der Waals surface area contributed by atoms with Crippen molar-refractivity contribution < 1.29 is 19.4 Å². The van der Waals surface area contributed by atoms with Crippen molar-refractivity contribution in [2.45, 2.75) is 18.9 Å². The predicted octanol–water partition coefficient (Wildman–Crippen LogP) is 1.70. The molecule has 1 aromatic carbocycles. The number of carboxylic acid groups (broad SMARTS) is 1. The average Bonchev–Trinajstić information content (AvgIpc) is 2.49. The zero-order valence-corrected chi connectivity index (χ0v) is 11.5. The third-order valence-corrected chi connectivity index (χ3v) is 3.72. The number of aliphatic carboxylic acids is 1. The van der Waals surface area contributed by atoms with E-state index in [2.05, 4.69) is 0 Å². The maximum atomic E-state index is 12.5. The van der Waals surface area contributed by atoms with Crippen LogP contribution < -0.4 is 0 Å². The lowest BCUT2D eigenvalue weighted by atomic mass is 9.96. The maximum absolute atomic E-state index is 12.5. The number of benzene rings is 1. The van der Waals surface area contributed by atoms with E-state index >= 15 is 0 Å². The number of methoxy groups -OCH3 is 1. The third-order valence-electron chi connectivity index (χ3n) is 3.72. The van der Waals surface area contributed by atoms with Crippen molar-refractivity contribution in [2.75, 3.05) is 20.2 Å². The first-order valence-electron chi connectivity index (χ1n) is 6.73. The van der Waals surface area contributed by atoms with Gasteiger partial charge in [0.15, 0.2) is 6.10 Å². The number of nitrogens with zero attached hydrogens (tertiary/aromatic N) is 1. The molecule has 1 atom stereocenters. The molecule has 1 N–H and O–H groups in total. The zero-order valence-electron chi connectivity index (χ0n) is 11.5. The van der Waals surface area contributed by atoms with Crippen LogP contribution in [0.5, 0.6) is 0 Å². The van der Waals surface area contributed by atoms with Crippen molar-refractivity contribution in [1.82, 2.24) is 4.90 Å². The summed E-state index contributed by atoms with van der Waals surface area (Å²) in [6.07, 6.45) is 0.399. The summed E-state index contributed by atoms with van der Waals surface area (Å²) >= 11 is 0. The number of carbonyl (C=O) groups is 2. The van der Waals surface area contributed by atoms with E-state index in [0.29, 0.717) is 25.9 Å². The minimum absolute atomic E-state index is 0.0949. The molecule has 0 saturated carbocycles.